The van der Waals surface area contributed by atoms with E-state index in [2.05, 4.69) is 185 Å². The molecule has 0 radical (unpaired) electrons. The Morgan fingerprint density at radius 2 is 0.693 bits per heavy atom. The molecule has 2 aromatic carbocycles. The Hall–Kier alpha value is -7.86. The van der Waals surface area contributed by atoms with Gasteiger partial charge in [0, 0.05) is 85.0 Å². The van der Waals surface area contributed by atoms with Crippen LogP contribution in [0.5, 0.6) is 0 Å². The second kappa shape index (κ2) is 56.9. The smallest absolute Gasteiger partial charge is 0.181 e. The third-order valence-corrected chi connectivity index (χ3v) is 8.62. The maximum atomic E-state index is 5.01. The summed E-state index contributed by atoms with van der Waals surface area (Å²) in [6.45, 7) is 40.1. The van der Waals surface area contributed by atoms with E-state index in [0.29, 0.717) is 0 Å². The summed E-state index contributed by atoms with van der Waals surface area (Å²) in [5.41, 5.74) is 8.77. The molecule has 10 heterocycles. The fraction of sp³-hybridized carbons (Fsp3) is 0.447. The van der Waals surface area contributed by atoms with E-state index in [9.17, 15) is 0 Å². The van der Waals surface area contributed by atoms with Gasteiger partial charge in [-0.15, -0.1) is 0 Å². The van der Waals surface area contributed by atoms with Crippen molar-refractivity contribution < 1.29 is 4.42 Å². The van der Waals surface area contributed by atoms with Crippen LogP contribution in [0, 0.1) is 35.5 Å². The normalized spacial score (nSPS) is 9.82. The van der Waals surface area contributed by atoms with E-state index < -0.39 is 0 Å². The van der Waals surface area contributed by atoms with Crippen LogP contribution in [-0.2, 0) is 13.0 Å². The molecule has 12 heteroatoms. The average Bonchev–Trinajstić information content (AvgIpc) is 4.28. The number of pyridine rings is 6. The molecule has 0 N–H and O–H groups in total. The van der Waals surface area contributed by atoms with Crippen LogP contribution in [0.4, 0.5) is 0 Å². The minimum atomic E-state index is 0. The Balaban J connectivity index is -0.000000211. The Labute approximate surface area is 537 Å². The predicted molar refractivity (Wildman–Crippen MR) is 391 cm³/mol. The van der Waals surface area contributed by atoms with Crippen molar-refractivity contribution >= 4 is 55.1 Å². The van der Waals surface area contributed by atoms with Gasteiger partial charge in [-0.25, -0.2) is 15.0 Å². The van der Waals surface area contributed by atoms with E-state index in [-0.39, 0.29) is 44.6 Å². The molecule has 9 aromatic heterocycles. The molecule has 488 valence electrons. The molecule has 0 bridgehead atoms. The molecule has 0 unspecified atom stereocenters. The lowest BCUT2D eigenvalue weighted by Crippen LogP contribution is -2.10. The van der Waals surface area contributed by atoms with Crippen molar-refractivity contribution in [2.24, 2.45) is 35.5 Å². The summed E-state index contributed by atoms with van der Waals surface area (Å²) >= 11 is 0. The zero-order valence-corrected chi connectivity index (χ0v) is 53.0. The molecule has 0 spiro atoms. The second-order valence-corrected chi connectivity index (χ2v) is 22.9. The van der Waals surface area contributed by atoms with E-state index >= 15 is 0 Å². The third-order valence-electron chi connectivity index (χ3n) is 8.62. The summed E-state index contributed by atoms with van der Waals surface area (Å²) in [5, 5.41) is 6.35. The average molecular weight is 1210 g/mol. The minimum absolute atomic E-state index is 0. The highest BCUT2D eigenvalue weighted by molar-refractivity contribution is 5.77. The summed E-state index contributed by atoms with van der Waals surface area (Å²) < 4.78 is 7.11. The van der Waals surface area contributed by atoms with Crippen molar-refractivity contribution in [3.05, 3.63) is 195 Å². The molecule has 0 saturated heterocycles. The van der Waals surface area contributed by atoms with Crippen molar-refractivity contribution in [2.75, 3.05) is 0 Å². The van der Waals surface area contributed by atoms with Gasteiger partial charge in [0.05, 0.1) is 27.6 Å². The SMILES string of the molecule is C.C.C.C.C.C.CC(C)C.CC(C)C.CC(C)C.CC(C)C.CC(C)C.CC(C)C.c1cc2n(n1)CCCC2.c1ccc2nccnc2c1.c1ccc2ocnc2c1.c1cnc2cccnc2c1.c1cnc2ccncc2c1.c1cnc2ncccc2c1. The monoisotopic (exact) mass is 1210 g/mol. The number of oxazole rings is 1. The third kappa shape index (κ3) is 48.3. The number of benzene rings is 2. The molecule has 0 aliphatic carbocycles. The number of aryl methyl sites for hydroxylation is 2. The molecule has 0 fully saturated rings. The van der Waals surface area contributed by atoms with E-state index in [4.69, 9.17) is 4.42 Å². The first-order chi connectivity index (χ1) is 39.2. The van der Waals surface area contributed by atoms with Crippen molar-refractivity contribution in [1.29, 1.82) is 0 Å². The molecule has 1 aliphatic heterocycles. The fourth-order valence-electron chi connectivity index (χ4n) is 5.78. The van der Waals surface area contributed by atoms with Gasteiger partial charge in [0.2, 0.25) is 0 Å². The maximum absolute atomic E-state index is 5.01. The van der Waals surface area contributed by atoms with Crippen LogP contribution in [0.15, 0.2) is 194 Å². The summed E-state index contributed by atoms with van der Waals surface area (Å²) in [6, 6.07) is 38.8. The molecule has 11 aromatic rings. The predicted octanol–water partition coefficient (Wildman–Crippen LogP) is 23.4. The van der Waals surface area contributed by atoms with Crippen molar-refractivity contribution in [3.63, 3.8) is 0 Å². The fourth-order valence-corrected chi connectivity index (χ4v) is 5.78. The van der Waals surface area contributed by atoms with E-state index in [1.54, 1.807) is 49.6 Å². The first-order valence-corrected chi connectivity index (χ1v) is 29.1. The number of fused-ring (bicyclic) bond motifs is 6. The number of nitrogens with zero attached hydrogens (tertiary/aromatic N) is 11. The Bertz CT molecular complexity index is 2580. The van der Waals surface area contributed by atoms with Gasteiger partial charge < -0.3 is 4.42 Å². The Morgan fingerprint density at radius 3 is 1.10 bits per heavy atom. The van der Waals surface area contributed by atoms with Gasteiger partial charge >= 0.3 is 0 Å². The first kappa shape index (κ1) is 91.3. The van der Waals surface area contributed by atoms with Crippen LogP contribution in [0.3, 0.4) is 0 Å². The highest BCUT2D eigenvalue weighted by Gasteiger charge is 2.06. The van der Waals surface area contributed by atoms with Crippen molar-refractivity contribution in [2.45, 2.75) is 195 Å². The lowest BCUT2D eigenvalue weighted by molar-refractivity contribution is 0.486. The molecule has 88 heavy (non-hydrogen) atoms. The van der Waals surface area contributed by atoms with Crippen LogP contribution in [0.25, 0.3) is 55.1 Å². The van der Waals surface area contributed by atoms with E-state index in [1.807, 2.05) is 128 Å². The number of para-hydroxylation sites is 4. The van der Waals surface area contributed by atoms with E-state index in [1.165, 1.54) is 31.4 Å². The molecule has 12 nitrogen and oxygen atoms in total. The van der Waals surface area contributed by atoms with Crippen molar-refractivity contribution in [1.82, 2.24) is 54.6 Å². The second-order valence-electron chi connectivity index (χ2n) is 22.9. The van der Waals surface area contributed by atoms with Gasteiger partial charge in [0.25, 0.3) is 0 Å². The van der Waals surface area contributed by atoms with Gasteiger partial charge in [0.1, 0.15) is 5.52 Å². The van der Waals surface area contributed by atoms with Crippen LogP contribution in [0.2, 0.25) is 0 Å². The lowest BCUT2D eigenvalue weighted by Gasteiger charge is -2.11. The number of hydrogen-bond donors (Lipinski definition) is 0. The number of hydrogen-bond acceptors (Lipinski definition) is 11. The van der Waals surface area contributed by atoms with Crippen LogP contribution in [0.1, 0.15) is 188 Å². The van der Waals surface area contributed by atoms with Gasteiger partial charge in [-0.2, -0.15) is 5.10 Å². The highest BCUT2D eigenvalue weighted by atomic mass is 16.3. The largest absolute Gasteiger partial charge is 0.443 e. The molecular weight excluding hydrogens is 1080 g/mol. The van der Waals surface area contributed by atoms with Crippen molar-refractivity contribution in [3.8, 4) is 0 Å². The molecule has 0 saturated carbocycles. The standard InChI is InChI=1S/4C8H6N2.C7H10N2.C7H5NO.6C4H10.6CH4/c1-3-7-8(9-5-1)4-2-6-10-7;1-3-7-4-2-6-10-8(7)9-5-1;1-2-7-6-9-5-3-8(7)10-4-1;1-2-4-8-7(3-1)9-5-6-10-8;1-2-6-9-7(3-1)4-5-8-9;1-2-4-7-6(3-1)8-5-9-7;6*1-4(2)3;;;;;;/h4*1-6H;4-5H,1-3,6H2;1-5H;6*4H,1-3H3;6*1H4. The van der Waals surface area contributed by atoms with Gasteiger partial charge in [-0.3, -0.25) is 34.6 Å². The van der Waals surface area contributed by atoms with Gasteiger partial charge in [-0.05, 0) is 152 Å². The quantitative estimate of drug-likeness (QED) is 0.143. The summed E-state index contributed by atoms with van der Waals surface area (Å²) in [4.78, 5) is 36.7. The maximum Gasteiger partial charge on any atom is 0.181 e. The van der Waals surface area contributed by atoms with Crippen LogP contribution >= 0.6 is 0 Å². The van der Waals surface area contributed by atoms with E-state index in [0.717, 1.165) is 97.2 Å². The zero-order valence-electron chi connectivity index (χ0n) is 53.0. The number of aromatic nitrogens is 11. The van der Waals surface area contributed by atoms with Crippen LogP contribution in [-0.4, -0.2) is 54.6 Å². The highest BCUT2D eigenvalue weighted by Crippen LogP contribution is 2.13. The first-order valence-electron chi connectivity index (χ1n) is 29.1. The molecule has 1 aliphatic rings. The molecule has 0 amide bonds. The molecule has 0 atom stereocenters. The van der Waals surface area contributed by atoms with Crippen LogP contribution < -0.4 is 0 Å². The summed E-state index contributed by atoms with van der Waals surface area (Å²) in [5.74, 6) is 5.00. The molecular formula is C76H123N11O. The Morgan fingerprint density at radius 1 is 0.330 bits per heavy atom. The Kier molecular flexibility index (Phi) is 59.1. The minimum Gasteiger partial charge on any atom is -0.443 e. The topological polar surface area (TPSA) is 147 Å². The lowest BCUT2D eigenvalue weighted by atomic mass is 10.1. The van der Waals surface area contributed by atoms with Gasteiger partial charge in [-0.1, -0.05) is 193 Å². The van der Waals surface area contributed by atoms with Gasteiger partial charge in [0.15, 0.2) is 17.6 Å². The number of rotatable bonds is 0. The molecule has 12 rings (SSSR count). The summed E-state index contributed by atoms with van der Waals surface area (Å²) in [7, 11) is 0. The summed E-state index contributed by atoms with van der Waals surface area (Å²) in [6.07, 6.45) is 23.0. The zero-order chi connectivity index (χ0) is 60.9.